The van der Waals surface area contributed by atoms with Crippen LogP contribution in [0, 0.1) is 0 Å². The van der Waals surface area contributed by atoms with Crippen molar-refractivity contribution < 1.29 is 17.7 Å². The van der Waals surface area contributed by atoms with Crippen LogP contribution in [0.15, 0.2) is 48.6 Å². The quantitative estimate of drug-likeness (QED) is 0.0344. The number of rotatable bonds is 46. The molecule has 8 heteroatoms. The molecule has 0 aromatic heterocycles. The number of unbranched alkanes of at least 4 members (excludes halogenated alkanes) is 18. The Hall–Kier alpha value is -0.846. The molecule has 6 nitrogen and oxygen atoms in total. The SMILES string of the molecule is CCCCC/C=C\CCCO[Si](C)(CCCCN1CCN(CCCC[Si](C)(OCCC/C=C\CCCCC)OCCC/C=C\CCCCC)CC1)OCCC/C=C\CCCCC. The Bertz CT molecular complexity index is 923. The molecule has 1 saturated heterocycles. The fourth-order valence-corrected chi connectivity index (χ4v) is 13.0. The molecule has 0 bridgehead atoms. The van der Waals surface area contributed by atoms with Gasteiger partial charge in [-0.2, -0.15) is 0 Å². The van der Waals surface area contributed by atoms with Crippen molar-refractivity contribution in [3.05, 3.63) is 48.6 Å². The topological polar surface area (TPSA) is 43.4 Å². The van der Waals surface area contributed by atoms with Gasteiger partial charge < -0.3 is 27.5 Å². The van der Waals surface area contributed by atoms with E-state index in [-0.39, 0.29) is 0 Å². The normalized spacial score (nSPS) is 14.9. The monoisotopic (exact) mass is 903 g/mol. The van der Waals surface area contributed by atoms with Crippen molar-refractivity contribution in [3.63, 3.8) is 0 Å². The molecule has 0 atom stereocenters. The Balaban J connectivity index is 2.45. The van der Waals surface area contributed by atoms with Gasteiger partial charge in [0.2, 0.25) is 0 Å². The lowest BCUT2D eigenvalue weighted by Gasteiger charge is -2.35. The summed E-state index contributed by atoms with van der Waals surface area (Å²) in [6, 6.07) is 2.21. The van der Waals surface area contributed by atoms with Crippen LogP contribution in [0.1, 0.15) is 207 Å². The zero-order valence-electron chi connectivity index (χ0n) is 42.4. The summed E-state index contributed by atoms with van der Waals surface area (Å²) in [6.45, 7) is 24.3. The van der Waals surface area contributed by atoms with Crippen molar-refractivity contribution in [2.75, 3.05) is 65.7 Å². The highest BCUT2D eigenvalue weighted by Crippen LogP contribution is 2.22. The summed E-state index contributed by atoms with van der Waals surface area (Å²) in [5.74, 6) is 0. The van der Waals surface area contributed by atoms with Gasteiger partial charge in [-0.1, -0.05) is 141 Å². The van der Waals surface area contributed by atoms with E-state index >= 15 is 0 Å². The molecule has 0 spiro atoms. The van der Waals surface area contributed by atoms with E-state index in [9.17, 15) is 0 Å². The molecule has 0 aromatic rings. The van der Waals surface area contributed by atoms with Gasteiger partial charge in [0.25, 0.3) is 0 Å². The summed E-state index contributed by atoms with van der Waals surface area (Å²) in [5, 5.41) is 0. The Morgan fingerprint density at radius 3 is 0.806 bits per heavy atom. The Morgan fingerprint density at radius 1 is 0.323 bits per heavy atom. The average Bonchev–Trinajstić information content (AvgIpc) is 3.27. The van der Waals surface area contributed by atoms with Crippen LogP contribution in [0.5, 0.6) is 0 Å². The Kier molecular flexibility index (Phi) is 42.0. The first-order valence-corrected chi connectivity index (χ1v) is 32.1. The van der Waals surface area contributed by atoms with Gasteiger partial charge in [0.1, 0.15) is 0 Å². The molecule has 0 N–H and O–H groups in total. The number of hydrogen-bond acceptors (Lipinski definition) is 6. The maximum absolute atomic E-state index is 6.64. The van der Waals surface area contributed by atoms with E-state index in [2.05, 4.69) is 99.2 Å². The second-order valence-electron chi connectivity index (χ2n) is 18.7. The molecule has 364 valence electrons. The minimum Gasteiger partial charge on any atom is -0.394 e. The first-order chi connectivity index (χ1) is 30.4. The summed E-state index contributed by atoms with van der Waals surface area (Å²) in [6.07, 6.45) is 53.3. The van der Waals surface area contributed by atoms with E-state index < -0.39 is 17.1 Å². The first kappa shape index (κ1) is 59.2. The highest BCUT2D eigenvalue weighted by molar-refractivity contribution is 6.66. The number of allylic oxidation sites excluding steroid dienone is 8. The van der Waals surface area contributed by atoms with Gasteiger partial charge in [0.15, 0.2) is 0 Å². The maximum Gasteiger partial charge on any atom is 0.334 e. The van der Waals surface area contributed by atoms with Crippen LogP contribution in [0.25, 0.3) is 0 Å². The van der Waals surface area contributed by atoms with Gasteiger partial charge in [-0.15, -0.1) is 0 Å². The van der Waals surface area contributed by atoms with Crippen LogP contribution < -0.4 is 0 Å². The lowest BCUT2D eigenvalue weighted by atomic mass is 10.2. The fraction of sp³-hybridized carbons (Fsp3) is 0.852. The van der Waals surface area contributed by atoms with E-state index in [4.69, 9.17) is 17.7 Å². The number of piperazine rings is 1. The van der Waals surface area contributed by atoms with Crippen LogP contribution in [0.4, 0.5) is 0 Å². The van der Waals surface area contributed by atoms with Crippen molar-refractivity contribution >= 4 is 17.1 Å². The largest absolute Gasteiger partial charge is 0.394 e. The van der Waals surface area contributed by atoms with Gasteiger partial charge in [0, 0.05) is 52.6 Å². The molecule has 0 aliphatic carbocycles. The van der Waals surface area contributed by atoms with Gasteiger partial charge >= 0.3 is 17.1 Å². The van der Waals surface area contributed by atoms with Crippen molar-refractivity contribution in [3.8, 4) is 0 Å². The van der Waals surface area contributed by atoms with Gasteiger partial charge in [-0.25, -0.2) is 0 Å². The summed E-state index contributed by atoms with van der Waals surface area (Å²) in [5.41, 5.74) is 0. The van der Waals surface area contributed by atoms with Gasteiger partial charge in [-0.05, 0) is 154 Å². The molecule has 0 saturated carbocycles. The van der Waals surface area contributed by atoms with Crippen LogP contribution >= 0.6 is 0 Å². The standard InChI is InChI=1S/C54H106N2O4Si2/c1-7-11-15-19-23-27-31-37-49-57-61(5,58-50-38-32-28-24-20-16-12-8-2)53-41-35-43-55-45-47-56(48-46-55)44-36-42-54-62(6,59-51-39-33-29-25-21-17-13-9-3)60-52-40-34-30-26-22-18-14-10-4/h23-30H,7-22,31-54H2,1-6H3/b27-23-,28-24-,29-25-,30-26-. The minimum atomic E-state index is -2.18. The summed E-state index contributed by atoms with van der Waals surface area (Å²) >= 11 is 0. The molecule has 1 aliphatic rings. The molecule has 1 heterocycles. The van der Waals surface area contributed by atoms with E-state index in [0.717, 1.165) is 89.9 Å². The summed E-state index contributed by atoms with van der Waals surface area (Å²) in [7, 11) is -4.37. The number of hydrogen-bond donors (Lipinski definition) is 0. The van der Waals surface area contributed by atoms with Gasteiger partial charge in [0.05, 0.1) is 0 Å². The predicted molar refractivity (Wildman–Crippen MR) is 278 cm³/mol. The molecule has 1 fully saturated rings. The van der Waals surface area contributed by atoms with E-state index in [0.29, 0.717) is 0 Å². The third kappa shape index (κ3) is 37.4. The minimum absolute atomic E-state index is 0.830. The smallest absolute Gasteiger partial charge is 0.334 e. The van der Waals surface area contributed by atoms with E-state index in [1.165, 1.54) is 168 Å². The second-order valence-corrected chi connectivity index (χ2v) is 25.4. The van der Waals surface area contributed by atoms with E-state index in [1.54, 1.807) is 0 Å². The maximum atomic E-state index is 6.64. The molecular formula is C54H106N2O4Si2. The zero-order valence-corrected chi connectivity index (χ0v) is 44.4. The van der Waals surface area contributed by atoms with Crippen LogP contribution in [0.2, 0.25) is 25.2 Å². The molecular weight excluding hydrogens is 797 g/mol. The summed E-state index contributed by atoms with van der Waals surface area (Å²) < 4.78 is 26.6. The van der Waals surface area contributed by atoms with Gasteiger partial charge in [-0.3, -0.25) is 0 Å². The first-order valence-electron chi connectivity index (χ1n) is 27.0. The highest BCUT2D eigenvalue weighted by atomic mass is 28.4. The predicted octanol–water partition coefficient (Wildman–Crippen LogP) is 16.0. The second kappa shape index (κ2) is 44.0. The molecule has 62 heavy (non-hydrogen) atoms. The number of nitrogens with zero attached hydrogens (tertiary/aromatic N) is 2. The summed E-state index contributed by atoms with van der Waals surface area (Å²) in [4.78, 5) is 5.40. The molecule has 1 rings (SSSR count). The van der Waals surface area contributed by atoms with Crippen molar-refractivity contribution in [2.24, 2.45) is 0 Å². The third-order valence-corrected chi connectivity index (χ3v) is 18.2. The van der Waals surface area contributed by atoms with E-state index in [1.807, 2.05) is 0 Å². The van der Waals surface area contributed by atoms with Crippen molar-refractivity contribution in [1.29, 1.82) is 0 Å². The van der Waals surface area contributed by atoms with Crippen molar-refractivity contribution in [2.45, 2.75) is 233 Å². The van der Waals surface area contributed by atoms with Crippen LogP contribution in [-0.2, 0) is 17.7 Å². The fourth-order valence-electron chi connectivity index (χ4n) is 8.12. The lowest BCUT2D eigenvalue weighted by molar-refractivity contribution is 0.128. The average molecular weight is 904 g/mol. The molecule has 0 unspecified atom stereocenters. The molecule has 0 amide bonds. The lowest BCUT2D eigenvalue weighted by Crippen LogP contribution is -2.47. The zero-order chi connectivity index (χ0) is 44.9. The Labute approximate surface area is 390 Å². The molecule has 0 aromatic carbocycles. The molecule has 0 radical (unpaired) electrons. The third-order valence-electron chi connectivity index (χ3n) is 12.4. The molecule has 1 aliphatic heterocycles. The van der Waals surface area contributed by atoms with Crippen LogP contribution in [0.3, 0.4) is 0 Å². The van der Waals surface area contributed by atoms with Crippen molar-refractivity contribution in [1.82, 2.24) is 9.80 Å². The Morgan fingerprint density at radius 2 is 0.565 bits per heavy atom. The van der Waals surface area contributed by atoms with Crippen LogP contribution in [-0.4, -0.2) is 92.6 Å². The highest BCUT2D eigenvalue weighted by Gasteiger charge is 2.32.